The molecule has 2 aliphatic heterocycles. The molecule has 4 atom stereocenters. The third kappa shape index (κ3) is 2.31. The molecule has 0 aromatic carbocycles. The van der Waals surface area contributed by atoms with Crippen molar-refractivity contribution in [2.24, 2.45) is 5.92 Å². The van der Waals surface area contributed by atoms with Crippen LogP contribution in [0.1, 0.15) is 33.6 Å². The molecule has 0 spiro atoms. The average molecular weight is 230 g/mol. The quantitative estimate of drug-likeness (QED) is 0.551. The number of thiol groups is 1. The largest absolute Gasteiger partial charge is 0.460 e. The van der Waals surface area contributed by atoms with Crippen molar-refractivity contribution in [1.29, 1.82) is 0 Å². The van der Waals surface area contributed by atoms with Crippen molar-refractivity contribution in [2.45, 2.75) is 56.7 Å². The van der Waals surface area contributed by atoms with Gasteiger partial charge in [0.15, 0.2) is 0 Å². The van der Waals surface area contributed by atoms with Gasteiger partial charge in [-0.1, -0.05) is 0 Å². The van der Waals surface area contributed by atoms with Crippen LogP contribution in [-0.2, 0) is 14.3 Å². The Bertz CT molecular complexity index is 269. The lowest BCUT2D eigenvalue weighted by molar-refractivity contribution is -0.161. The Balaban J connectivity index is 1.94. The van der Waals surface area contributed by atoms with Gasteiger partial charge >= 0.3 is 5.97 Å². The van der Waals surface area contributed by atoms with Crippen LogP contribution >= 0.6 is 12.6 Å². The van der Waals surface area contributed by atoms with E-state index in [4.69, 9.17) is 9.47 Å². The molecule has 2 saturated heterocycles. The van der Waals surface area contributed by atoms with Crippen molar-refractivity contribution in [3.63, 3.8) is 0 Å². The van der Waals surface area contributed by atoms with Crippen LogP contribution in [0.3, 0.4) is 0 Å². The van der Waals surface area contributed by atoms with E-state index in [2.05, 4.69) is 12.6 Å². The Morgan fingerprint density at radius 2 is 2.00 bits per heavy atom. The van der Waals surface area contributed by atoms with Crippen molar-refractivity contribution in [3.05, 3.63) is 0 Å². The lowest BCUT2D eigenvalue weighted by Crippen LogP contribution is -2.35. The third-order valence-corrected chi connectivity index (χ3v) is 3.44. The minimum Gasteiger partial charge on any atom is -0.460 e. The summed E-state index contributed by atoms with van der Waals surface area (Å²) in [6.45, 7) is 5.67. The van der Waals surface area contributed by atoms with Crippen LogP contribution < -0.4 is 0 Å². The van der Waals surface area contributed by atoms with Crippen LogP contribution in [0.2, 0.25) is 0 Å². The lowest BCUT2D eigenvalue weighted by Gasteiger charge is -2.25. The molecule has 0 saturated carbocycles. The van der Waals surface area contributed by atoms with E-state index in [1.165, 1.54) is 0 Å². The summed E-state index contributed by atoms with van der Waals surface area (Å²) in [4.78, 5) is 11.8. The second kappa shape index (κ2) is 3.67. The summed E-state index contributed by atoms with van der Waals surface area (Å²) in [6.07, 6.45) is 1.83. The molecule has 15 heavy (non-hydrogen) atoms. The monoisotopic (exact) mass is 230 g/mol. The molecule has 0 amide bonds. The summed E-state index contributed by atoms with van der Waals surface area (Å²) in [5.41, 5.74) is -0.403. The Hall–Kier alpha value is -0.220. The first-order chi connectivity index (χ1) is 6.87. The molecular weight excluding hydrogens is 212 g/mol. The fourth-order valence-electron chi connectivity index (χ4n) is 2.26. The van der Waals surface area contributed by atoms with Crippen LogP contribution in [0.15, 0.2) is 0 Å². The van der Waals surface area contributed by atoms with Crippen LogP contribution in [0, 0.1) is 5.92 Å². The van der Waals surface area contributed by atoms with E-state index >= 15 is 0 Å². The van der Waals surface area contributed by atoms with Gasteiger partial charge in [0.25, 0.3) is 0 Å². The molecule has 4 heteroatoms. The Kier molecular flexibility index (Phi) is 2.75. The number of fused-ring (bicyclic) bond motifs is 2. The van der Waals surface area contributed by atoms with Gasteiger partial charge in [-0.2, -0.15) is 12.6 Å². The van der Waals surface area contributed by atoms with E-state index in [1.54, 1.807) is 0 Å². The van der Waals surface area contributed by atoms with E-state index in [0.29, 0.717) is 5.25 Å². The maximum absolute atomic E-state index is 11.8. The minimum absolute atomic E-state index is 0.0346. The molecule has 2 heterocycles. The molecule has 2 fully saturated rings. The number of esters is 1. The molecule has 86 valence electrons. The third-order valence-electron chi connectivity index (χ3n) is 2.90. The summed E-state index contributed by atoms with van der Waals surface area (Å²) in [5.74, 6) is -0.187. The average Bonchev–Trinajstić information content (AvgIpc) is 2.58. The van der Waals surface area contributed by atoms with Crippen LogP contribution in [0.25, 0.3) is 0 Å². The first-order valence-electron chi connectivity index (χ1n) is 5.43. The topological polar surface area (TPSA) is 35.5 Å². The molecule has 0 aromatic heterocycles. The molecule has 0 N–H and O–H groups in total. The number of ether oxygens (including phenoxy) is 2. The van der Waals surface area contributed by atoms with E-state index in [9.17, 15) is 4.79 Å². The summed E-state index contributed by atoms with van der Waals surface area (Å²) >= 11 is 4.42. The zero-order chi connectivity index (χ0) is 11.2. The minimum atomic E-state index is -0.403. The van der Waals surface area contributed by atoms with Gasteiger partial charge in [0.05, 0.1) is 18.1 Å². The molecular formula is C11H18O3S. The maximum Gasteiger partial charge on any atom is 0.312 e. The highest BCUT2D eigenvalue weighted by Crippen LogP contribution is 2.42. The van der Waals surface area contributed by atoms with Gasteiger partial charge in [0, 0.05) is 5.25 Å². The fourth-order valence-corrected chi connectivity index (χ4v) is 2.66. The van der Waals surface area contributed by atoms with Crippen molar-refractivity contribution in [3.8, 4) is 0 Å². The first kappa shape index (κ1) is 11.3. The summed E-state index contributed by atoms with van der Waals surface area (Å²) in [7, 11) is 0. The number of rotatable bonds is 1. The molecule has 2 aliphatic rings. The van der Waals surface area contributed by atoms with Gasteiger partial charge in [-0.05, 0) is 33.6 Å². The normalized spacial score (nSPS) is 39.5. The lowest BCUT2D eigenvalue weighted by atomic mass is 9.89. The number of hydrogen-bond donors (Lipinski definition) is 1. The molecule has 3 nitrogen and oxygen atoms in total. The number of carbonyl (C=O) groups is 1. The second-order valence-corrected chi connectivity index (χ2v) is 6.05. The highest BCUT2D eigenvalue weighted by Gasteiger charge is 2.49. The summed E-state index contributed by atoms with van der Waals surface area (Å²) < 4.78 is 11.0. The molecule has 0 aliphatic carbocycles. The van der Waals surface area contributed by atoms with Gasteiger partial charge in [-0.15, -0.1) is 0 Å². The van der Waals surface area contributed by atoms with Gasteiger partial charge < -0.3 is 9.47 Å². The molecule has 0 radical (unpaired) electrons. The van der Waals surface area contributed by atoms with E-state index in [0.717, 1.165) is 12.8 Å². The van der Waals surface area contributed by atoms with Crippen LogP contribution in [0.4, 0.5) is 0 Å². The van der Waals surface area contributed by atoms with E-state index in [1.807, 2.05) is 20.8 Å². The predicted molar refractivity (Wildman–Crippen MR) is 60.0 cm³/mol. The van der Waals surface area contributed by atoms with Crippen molar-refractivity contribution >= 4 is 18.6 Å². The van der Waals surface area contributed by atoms with Crippen molar-refractivity contribution in [2.75, 3.05) is 0 Å². The molecule has 2 bridgehead atoms. The zero-order valence-electron chi connectivity index (χ0n) is 9.40. The van der Waals surface area contributed by atoms with Crippen molar-refractivity contribution in [1.82, 2.24) is 0 Å². The fraction of sp³-hybridized carbons (Fsp3) is 0.909. The molecule has 2 rings (SSSR count). The van der Waals surface area contributed by atoms with Gasteiger partial charge in [0.1, 0.15) is 5.60 Å². The molecule has 4 unspecified atom stereocenters. The number of hydrogen-bond acceptors (Lipinski definition) is 4. The second-order valence-electron chi connectivity index (χ2n) is 5.39. The molecule has 0 aromatic rings. The van der Waals surface area contributed by atoms with E-state index < -0.39 is 5.60 Å². The highest BCUT2D eigenvalue weighted by atomic mass is 32.1. The SMILES string of the molecule is CC(C)(C)OC(=O)C1CC2OC1CC2S. The van der Waals surface area contributed by atoms with E-state index in [-0.39, 0.29) is 24.1 Å². The first-order valence-corrected chi connectivity index (χ1v) is 5.95. The highest BCUT2D eigenvalue weighted by molar-refractivity contribution is 7.81. The summed E-state index contributed by atoms with van der Waals surface area (Å²) in [6, 6.07) is 0. The Labute approximate surface area is 95.9 Å². The summed E-state index contributed by atoms with van der Waals surface area (Å²) in [5, 5.41) is 0.300. The zero-order valence-corrected chi connectivity index (χ0v) is 10.3. The van der Waals surface area contributed by atoms with Gasteiger partial charge in [-0.25, -0.2) is 0 Å². The Morgan fingerprint density at radius 3 is 2.40 bits per heavy atom. The maximum atomic E-state index is 11.8. The van der Waals surface area contributed by atoms with Crippen LogP contribution in [-0.4, -0.2) is 29.0 Å². The van der Waals surface area contributed by atoms with Gasteiger partial charge in [-0.3, -0.25) is 4.79 Å². The number of carbonyl (C=O) groups excluding carboxylic acids is 1. The van der Waals surface area contributed by atoms with Crippen molar-refractivity contribution < 1.29 is 14.3 Å². The van der Waals surface area contributed by atoms with Crippen LogP contribution in [0.5, 0.6) is 0 Å². The predicted octanol–water partition coefficient (Wildman–Crippen LogP) is 1.80. The Morgan fingerprint density at radius 1 is 1.33 bits per heavy atom. The smallest absolute Gasteiger partial charge is 0.312 e. The standard InChI is InChI=1S/C11H18O3S/c1-11(2,3)14-10(12)6-4-8-9(15)5-7(6)13-8/h6-9,15H,4-5H2,1-3H3. The van der Waals surface area contributed by atoms with Gasteiger partial charge in [0.2, 0.25) is 0 Å².